The van der Waals surface area contributed by atoms with E-state index in [0.29, 0.717) is 49.5 Å². The van der Waals surface area contributed by atoms with Crippen molar-refractivity contribution in [2.24, 2.45) is 5.92 Å². The van der Waals surface area contributed by atoms with Gasteiger partial charge in [0.05, 0.1) is 28.8 Å². The van der Waals surface area contributed by atoms with Crippen molar-refractivity contribution >= 4 is 17.6 Å². The summed E-state index contributed by atoms with van der Waals surface area (Å²) in [7, 11) is 0. The molecule has 2 aromatic carbocycles. The Hall–Kier alpha value is -4.08. The van der Waals surface area contributed by atoms with Crippen LogP contribution in [0.5, 0.6) is 0 Å². The van der Waals surface area contributed by atoms with Gasteiger partial charge in [-0.3, -0.25) is 19.7 Å². The molecule has 0 aliphatic carbocycles. The van der Waals surface area contributed by atoms with Gasteiger partial charge in [0.15, 0.2) is 0 Å². The van der Waals surface area contributed by atoms with Gasteiger partial charge < -0.3 is 9.64 Å². The van der Waals surface area contributed by atoms with Crippen LogP contribution in [0, 0.1) is 21.8 Å². The second kappa shape index (κ2) is 9.82. The van der Waals surface area contributed by atoms with Crippen LogP contribution in [0.15, 0.2) is 54.6 Å². The Kier molecular flexibility index (Phi) is 6.67. The van der Waals surface area contributed by atoms with Crippen LogP contribution in [-0.4, -0.2) is 51.2 Å². The predicted octanol–water partition coefficient (Wildman–Crippen LogP) is 4.00. The molecule has 34 heavy (non-hydrogen) atoms. The maximum Gasteiger partial charge on any atom is 0.309 e. The van der Waals surface area contributed by atoms with Crippen LogP contribution >= 0.6 is 0 Å². The van der Waals surface area contributed by atoms with E-state index in [1.54, 1.807) is 36.1 Å². The average Bonchev–Trinajstić information content (AvgIpc) is 3.30. The molecule has 0 spiro atoms. The third kappa shape index (κ3) is 4.80. The van der Waals surface area contributed by atoms with Crippen LogP contribution < -0.4 is 0 Å². The lowest BCUT2D eigenvalue weighted by Gasteiger charge is -2.30. The van der Waals surface area contributed by atoms with Crippen molar-refractivity contribution in [3.05, 3.63) is 76.2 Å². The van der Waals surface area contributed by atoms with Crippen molar-refractivity contribution in [3.8, 4) is 16.9 Å². The minimum Gasteiger partial charge on any atom is -0.466 e. The first-order valence-corrected chi connectivity index (χ1v) is 10.9. The number of rotatable bonds is 6. The third-order valence-electron chi connectivity index (χ3n) is 5.76. The number of hydrogen-bond acceptors (Lipinski definition) is 6. The molecule has 1 aromatic heterocycles. The SMILES string of the molecule is CCOC(=O)C1CCN(C(=O)c2cc(-c3ccc(F)cc3)nn2-c2cccc([N+](=O)[O-])c2)CC1. The Morgan fingerprint density at radius 3 is 2.50 bits per heavy atom. The van der Waals surface area contributed by atoms with Crippen LogP contribution in [0.25, 0.3) is 16.9 Å². The molecule has 1 amide bonds. The van der Waals surface area contributed by atoms with Gasteiger partial charge in [0, 0.05) is 30.8 Å². The largest absolute Gasteiger partial charge is 0.466 e. The van der Waals surface area contributed by atoms with Crippen LogP contribution in [0.3, 0.4) is 0 Å². The first-order chi connectivity index (χ1) is 16.4. The van der Waals surface area contributed by atoms with E-state index in [-0.39, 0.29) is 29.2 Å². The number of halogens is 1. The normalized spacial score (nSPS) is 14.1. The molecular formula is C24H23FN4O5. The lowest BCUT2D eigenvalue weighted by molar-refractivity contribution is -0.384. The zero-order valence-corrected chi connectivity index (χ0v) is 18.5. The highest BCUT2D eigenvalue weighted by molar-refractivity contribution is 5.94. The van der Waals surface area contributed by atoms with Crippen molar-refractivity contribution in [2.75, 3.05) is 19.7 Å². The number of esters is 1. The molecule has 0 bridgehead atoms. The van der Waals surface area contributed by atoms with E-state index in [1.165, 1.54) is 35.0 Å². The predicted molar refractivity (Wildman–Crippen MR) is 121 cm³/mol. The lowest BCUT2D eigenvalue weighted by atomic mass is 9.97. The van der Waals surface area contributed by atoms with Crippen molar-refractivity contribution in [1.82, 2.24) is 14.7 Å². The van der Waals surface area contributed by atoms with E-state index in [4.69, 9.17) is 4.74 Å². The molecule has 176 valence electrons. The number of benzene rings is 2. The number of amides is 1. The number of non-ortho nitro benzene ring substituents is 1. The van der Waals surface area contributed by atoms with Crippen LogP contribution in [0.1, 0.15) is 30.3 Å². The summed E-state index contributed by atoms with van der Waals surface area (Å²) in [6.07, 6.45) is 0.973. The lowest BCUT2D eigenvalue weighted by Crippen LogP contribution is -2.41. The molecule has 0 saturated carbocycles. The summed E-state index contributed by atoms with van der Waals surface area (Å²) < 4.78 is 19.9. The fraction of sp³-hybridized carbons (Fsp3) is 0.292. The molecular weight excluding hydrogens is 443 g/mol. The van der Waals surface area contributed by atoms with Gasteiger partial charge in [-0.2, -0.15) is 5.10 Å². The van der Waals surface area contributed by atoms with Crippen molar-refractivity contribution in [2.45, 2.75) is 19.8 Å². The van der Waals surface area contributed by atoms with Crippen LogP contribution in [0.2, 0.25) is 0 Å². The van der Waals surface area contributed by atoms with E-state index < -0.39 is 10.7 Å². The highest BCUT2D eigenvalue weighted by Gasteiger charge is 2.30. The molecule has 1 saturated heterocycles. The molecule has 1 aliphatic rings. The van der Waals surface area contributed by atoms with Crippen molar-refractivity contribution in [3.63, 3.8) is 0 Å². The van der Waals surface area contributed by atoms with Crippen molar-refractivity contribution in [1.29, 1.82) is 0 Å². The Balaban J connectivity index is 1.67. The van der Waals surface area contributed by atoms with Gasteiger partial charge in [-0.25, -0.2) is 9.07 Å². The number of nitro benzene ring substituents is 1. The maximum atomic E-state index is 13.5. The Bertz CT molecular complexity index is 1220. The zero-order valence-electron chi connectivity index (χ0n) is 18.5. The van der Waals surface area contributed by atoms with Gasteiger partial charge in [0.1, 0.15) is 11.5 Å². The Morgan fingerprint density at radius 2 is 1.85 bits per heavy atom. The third-order valence-corrected chi connectivity index (χ3v) is 5.76. The Morgan fingerprint density at radius 1 is 1.15 bits per heavy atom. The molecule has 9 nitrogen and oxygen atoms in total. The Labute approximate surface area is 194 Å². The van der Waals surface area contributed by atoms with Gasteiger partial charge in [-0.15, -0.1) is 0 Å². The summed E-state index contributed by atoms with van der Waals surface area (Å²) in [6, 6.07) is 13.1. The molecule has 2 heterocycles. The topological polar surface area (TPSA) is 108 Å². The number of nitrogens with zero attached hydrogens (tertiary/aromatic N) is 4. The number of aromatic nitrogens is 2. The number of carbonyl (C=O) groups is 2. The fourth-order valence-corrected chi connectivity index (χ4v) is 3.97. The summed E-state index contributed by atoms with van der Waals surface area (Å²) in [5.41, 5.74) is 1.46. The number of likely N-dealkylation sites (tertiary alicyclic amines) is 1. The molecule has 10 heteroatoms. The van der Waals surface area contributed by atoms with Crippen LogP contribution in [0.4, 0.5) is 10.1 Å². The van der Waals surface area contributed by atoms with E-state index in [0.717, 1.165) is 0 Å². The molecule has 0 unspecified atom stereocenters. The standard InChI is InChI=1S/C24H23FN4O5/c1-2-34-24(31)17-10-12-27(13-11-17)23(30)22-15-21(16-6-8-18(25)9-7-16)26-28(22)19-4-3-5-20(14-19)29(32)33/h3-9,14-15,17H,2,10-13H2,1H3. The molecule has 4 rings (SSSR count). The van der Waals surface area contributed by atoms with Gasteiger partial charge >= 0.3 is 5.97 Å². The summed E-state index contributed by atoms with van der Waals surface area (Å²) in [4.78, 5) is 37.9. The molecule has 0 N–H and O–H groups in total. The minimum absolute atomic E-state index is 0.134. The second-order valence-corrected chi connectivity index (χ2v) is 7.93. The molecule has 0 radical (unpaired) electrons. The first-order valence-electron chi connectivity index (χ1n) is 10.9. The first kappa shape index (κ1) is 23.1. The van der Waals surface area contributed by atoms with E-state index in [2.05, 4.69) is 5.10 Å². The molecule has 0 atom stereocenters. The van der Waals surface area contributed by atoms with Crippen molar-refractivity contribution < 1.29 is 23.6 Å². The summed E-state index contributed by atoms with van der Waals surface area (Å²) in [5.74, 6) is -1.22. The monoisotopic (exact) mass is 466 g/mol. The van der Waals surface area contributed by atoms with Gasteiger partial charge in [-0.05, 0) is 56.2 Å². The molecule has 1 aliphatic heterocycles. The number of piperidine rings is 1. The van der Waals surface area contributed by atoms with Gasteiger partial charge in [0.2, 0.25) is 0 Å². The van der Waals surface area contributed by atoms with Crippen LogP contribution in [-0.2, 0) is 9.53 Å². The highest BCUT2D eigenvalue weighted by Crippen LogP contribution is 2.27. The van der Waals surface area contributed by atoms with E-state index in [9.17, 15) is 24.1 Å². The maximum absolute atomic E-state index is 13.5. The number of nitro groups is 1. The summed E-state index contributed by atoms with van der Waals surface area (Å²) >= 11 is 0. The molecule has 1 fully saturated rings. The second-order valence-electron chi connectivity index (χ2n) is 7.93. The van der Waals surface area contributed by atoms with E-state index in [1.807, 2.05) is 0 Å². The highest BCUT2D eigenvalue weighted by atomic mass is 19.1. The number of carbonyl (C=O) groups excluding carboxylic acids is 2. The summed E-state index contributed by atoms with van der Waals surface area (Å²) in [5, 5.41) is 15.8. The number of ether oxygens (including phenoxy) is 1. The zero-order chi connectivity index (χ0) is 24.2. The molecule has 3 aromatic rings. The average molecular weight is 466 g/mol. The number of hydrogen-bond donors (Lipinski definition) is 0. The fourth-order valence-electron chi connectivity index (χ4n) is 3.97. The van der Waals surface area contributed by atoms with E-state index >= 15 is 0 Å². The smallest absolute Gasteiger partial charge is 0.309 e. The quantitative estimate of drug-likeness (QED) is 0.309. The van der Waals surface area contributed by atoms with Gasteiger partial charge in [-0.1, -0.05) is 6.07 Å². The summed E-state index contributed by atoms with van der Waals surface area (Å²) in [6.45, 7) is 2.81. The van der Waals surface area contributed by atoms with Gasteiger partial charge in [0.25, 0.3) is 11.6 Å². The minimum atomic E-state index is -0.518.